The number of rotatable bonds is 2. The maximum Gasteiger partial charge on any atom is 0.409 e. The van der Waals surface area contributed by atoms with E-state index in [1.165, 1.54) is 10.6 Å². The Morgan fingerprint density at radius 3 is 2.38 bits per heavy atom. The number of anilines is 1. The van der Waals surface area contributed by atoms with Gasteiger partial charge in [0.25, 0.3) is 0 Å². The van der Waals surface area contributed by atoms with Gasteiger partial charge in [0, 0.05) is 55.5 Å². The largest absolute Gasteiger partial charge is 0.446 e. The third-order valence-electron chi connectivity index (χ3n) is 5.62. The van der Waals surface area contributed by atoms with Crippen LogP contribution in [0.25, 0.3) is 10.8 Å². The molecule has 2 saturated heterocycles. The minimum atomic E-state index is -0.258. The second-order valence-corrected chi connectivity index (χ2v) is 7.45. The van der Waals surface area contributed by atoms with Crippen LogP contribution >= 0.6 is 0 Å². The summed E-state index contributed by atoms with van der Waals surface area (Å²) in [4.78, 5) is 15.9. The SMILES string of the molecule is CN(C)C(=O)O[C@H]1C[C@H]2CC[C@@H](C1)N2c1ccc(C#N)c2ccccc12. The summed E-state index contributed by atoms with van der Waals surface area (Å²) >= 11 is 0. The standard InChI is InChI=1S/C21H23N3O2/c1-23(2)21(25)26-17-11-15-8-9-16(12-17)24(15)20-10-7-14(13-22)18-5-3-4-6-19(18)20/h3-7,10,15-17H,8-9,11-12H2,1-2H3/t15-,16+,17+. The van der Waals surface area contributed by atoms with Crippen molar-refractivity contribution in [3.63, 3.8) is 0 Å². The van der Waals surface area contributed by atoms with Crippen LogP contribution in [0, 0.1) is 11.3 Å². The predicted molar refractivity (Wildman–Crippen MR) is 101 cm³/mol. The fourth-order valence-corrected chi connectivity index (χ4v) is 4.47. The summed E-state index contributed by atoms with van der Waals surface area (Å²) in [6.07, 6.45) is 3.70. The summed E-state index contributed by atoms with van der Waals surface area (Å²) in [6, 6.07) is 15.2. The van der Waals surface area contributed by atoms with Crippen LogP contribution in [0.1, 0.15) is 31.2 Å². The van der Waals surface area contributed by atoms with E-state index in [0.717, 1.165) is 36.5 Å². The molecule has 2 aliphatic rings. The van der Waals surface area contributed by atoms with Crippen molar-refractivity contribution in [3.05, 3.63) is 42.0 Å². The van der Waals surface area contributed by atoms with E-state index in [4.69, 9.17) is 4.74 Å². The van der Waals surface area contributed by atoms with Crippen LogP contribution in [-0.4, -0.2) is 43.3 Å². The van der Waals surface area contributed by atoms with Crippen LogP contribution in [-0.2, 0) is 4.74 Å². The molecule has 2 aromatic carbocycles. The van der Waals surface area contributed by atoms with E-state index in [1.807, 2.05) is 24.3 Å². The van der Waals surface area contributed by atoms with Gasteiger partial charge in [-0.3, -0.25) is 0 Å². The Hall–Kier alpha value is -2.74. The molecule has 0 radical (unpaired) electrons. The predicted octanol–water partition coefficient (Wildman–Crippen LogP) is 3.91. The Bertz CT molecular complexity index is 872. The third kappa shape index (κ3) is 2.76. The highest BCUT2D eigenvalue weighted by Crippen LogP contribution is 2.43. The van der Waals surface area contributed by atoms with E-state index in [9.17, 15) is 10.1 Å². The summed E-state index contributed by atoms with van der Waals surface area (Å²) in [5.74, 6) is 0. The average Bonchev–Trinajstić information content (AvgIpc) is 2.90. The minimum Gasteiger partial charge on any atom is -0.446 e. The van der Waals surface area contributed by atoms with Crippen LogP contribution < -0.4 is 4.90 Å². The lowest BCUT2D eigenvalue weighted by Gasteiger charge is -2.41. The fourth-order valence-electron chi connectivity index (χ4n) is 4.47. The number of nitrogens with zero attached hydrogens (tertiary/aromatic N) is 3. The molecule has 134 valence electrons. The number of piperidine rings is 1. The van der Waals surface area contributed by atoms with Gasteiger partial charge in [0.05, 0.1) is 11.6 Å². The summed E-state index contributed by atoms with van der Waals surface area (Å²) in [5, 5.41) is 11.5. The minimum absolute atomic E-state index is 0.0108. The highest BCUT2D eigenvalue weighted by molar-refractivity contribution is 5.98. The molecule has 5 heteroatoms. The highest BCUT2D eigenvalue weighted by Gasteiger charge is 2.42. The molecular formula is C21H23N3O2. The molecule has 2 heterocycles. The van der Waals surface area contributed by atoms with Crippen molar-refractivity contribution in [2.75, 3.05) is 19.0 Å². The van der Waals surface area contributed by atoms with E-state index in [1.54, 1.807) is 14.1 Å². The molecule has 1 amide bonds. The Labute approximate surface area is 153 Å². The van der Waals surface area contributed by atoms with Gasteiger partial charge in [-0.2, -0.15) is 5.26 Å². The van der Waals surface area contributed by atoms with Crippen LogP contribution in [0.2, 0.25) is 0 Å². The number of carbonyl (C=O) groups excluding carboxylic acids is 1. The molecule has 2 bridgehead atoms. The molecular weight excluding hydrogens is 326 g/mol. The van der Waals surface area contributed by atoms with Crippen molar-refractivity contribution >= 4 is 22.6 Å². The molecule has 0 unspecified atom stereocenters. The van der Waals surface area contributed by atoms with Crippen LogP contribution in [0.15, 0.2) is 36.4 Å². The quantitative estimate of drug-likeness (QED) is 0.825. The van der Waals surface area contributed by atoms with E-state index in [-0.39, 0.29) is 12.2 Å². The van der Waals surface area contributed by atoms with E-state index < -0.39 is 0 Å². The Kier molecular flexibility index (Phi) is 4.20. The lowest BCUT2D eigenvalue weighted by atomic mass is 9.96. The van der Waals surface area contributed by atoms with E-state index in [2.05, 4.69) is 23.1 Å². The highest BCUT2D eigenvalue weighted by atomic mass is 16.6. The first kappa shape index (κ1) is 16.7. The topological polar surface area (TPSA) is 56.6 Å². The molecule has 2 fully saturated rings. The molecule has 0 aliphatic carbocycles. The van der Waals surface area contributed by atoms with Gasteiger partial charge in [-0.1, -0.05) is 24.3 Å². The van der Waals surface area contributed by atoms with Crippen molar-refractivity contribution in [1.82, 2.24) is 4.90 Å². The maximum absolute atomic E-state index is 11.9. The van der Waals surface area contributed by atoms with Crippen molar-refractivity contribution in [2.24, 2.45) is 0 Å². The van der Waals surface area contributed by atoms with Crippen molar-refractivity contribution in [1.29, 1.82) is 5.26 Å². The number of hydrogen-bond acceptors (Lipinski definition) is 4. The van der Waals surface area contributed by atoms with Crippen molar-refractivity contribution < 1.29 is 9.53 Å². The second kappa shape index (κ2) is 6.53. The molecule has 0 aromatic heterocycles. The molecule has 3 atom stereocenters. The molecule has 0 spiro atoms. The van der Waals surface area contributed by atoms with Gasteiger partial charge in [0.15, 0.2) is 0 Å². The average molecular weight is 349 g/mol. The lowest BCUT2D eigenvalue weighted by Crippen LogP contribution is -2.46. The van der Waals surface area contributed by atoms with Gasteiger partial charge in [0.1, 0.15) is 6.10 Å². The fraction of sp³-hybridized carbons (Fsp3) is 0.429. The zero-order valence-electron chi connectivity index (χ0n) is 15.2. The third-order valence-corrected chi connectivity index (χ3v) is 5.62. The number of hydrogen-bond donors (Lipinski definition) is 0. The van der Waals surface area contributed by atoms with E-state index >= 15 is 0 Å². The second-order valence-electron chi connectivity index (χ2n) is 7.45. The lowest BCUT2D eigenvalue weighted by molar-refractivity contribution is 0.0544. The summed E-state index contributed by atoms with van der Waals surface area (Å²) < 4.78 is 5.66. The normalized spacial score (nSPS) is 24.3. The number of amides is 1. The van der Waals surface area contributed by atoms with Crippen LogP contribution in [0.5, 0.6) is 0 Å². The Morgan fingerprint density at radius 1 is 1.12 bits per heavy atom. The first-order chi connectivity index (χ1) is 12.6. The summed E-state index contributed by atoms with van der Waals surface area (Å²) in [6.45, 7) is 0. The summed E-state index contributed by atoms with van der Waals surface area (Å²) in [7, 11) is 3.43. The van der Waals surface area contributed by atoms with Crippen molar-refractivity contribution in [2.45, 2.75) is 43.9 Å². The van der Waals surface area contributed by atoms with Gasteiger partial charge >= 0.3 is 6.09 Å². The maximum atomic E-state index is 11.9. The molecule has 2 aliphatic heterocycles. The number of benzene rings is 2. The van der Waals surface area contributed by atoms with Gasteiger partial charge in [-0.25, -0.2) is 4.79 Å². The number of fused-ring (bicyclic) bond motifs is 3. The number of ether oxygens (including phenoxy) is 1. The van der Waals surface area contributed by atoms with E-state index in [0.29, 0.717) is 17.6 Å². The van der Waals surface area contributed by atoms with Gasteiger partial charge in [-0.05, 0) is 25.0 Å². The molecule has 5 nitrogen and oxygen atoms in total. The summed E-state index contributed by atoms with van der Waals surface area (Å²) in [5.41, 5.74) is 1.91. The van der Waals surface area contributed by atoms with Crippen LogP contribution in [0.3, 0.4) is 0 Å². The first-order valence-corrected chi connectivity index (χ1v) is 9.16. The molecule has 26 heavy (non-hydrogen) atoms. The Balaban J connectivity index is 1.64. The molecule has 0 N–H and O–H groups in total. The zero-order valence-corrected chi connectivity index (χ0v) is 15.2. The van der Waals surface area contributed by atoms with Gasteiger partial charge in [0.2, 0.25) is 0 Å². The van der Waals surface area contributed by atoms with Crippen molar-refractivity contribution in [3.8, 4) is 6.07 Å². The first-order valence-electron chi connectivity index (χ1n) is 9.16. The molecule has 2 aromatic rings. The van der Waals surface area contributed by atoms with Gasteiger partial charge < -0.3 is 14.5 Å². The monoisotopic (exact) mass is 349 g/mol. The van der Waals surface area contributed by atoms with Gasteiger partial charge in [-0.15, -0.1) is 0 Å². The Morgan fingerprint density at radius 2 is 1.77 bits per heavy atom. The van der Waals surface area contributed by atoms with Crippen LogP contribution in [0.4, 0.5) is 10.5 Å². The smallest absolute Gasteiger partial charge is 0.409 e. The molecule has 4 rings (SSSR count). The zero-order chi connectivity index (χ0) is 18.3. The molecule has 0 saturated carbocycles. The number of carbonyl (C=O) groups is 1. The number of nitriles is 1.